The lowest BCUT2D eigenvalue weighted by molar-refractivity contribution is 0.0517. The first-order valence-electron chi connectivity index (χ1n) is 10.6. The van der Waals surface area contributed by atoms with Crippen LogP contribution in [0.15, 0.2) is 24.3 Å². The lowest BCUT2D eigenvalue weighted by Crippen LogP contribution is -2.34. The fourth-order valence-electron chi connectivity index (χ4n) is 1.85. The van der Waals surface area contributed by atoms with Crippen LogP contribution < -0.4 is 10.5 Å². The number of nitrogens with two attached hydrogens (primary N) is 1. The van der Waals surface area contributed by atoms with Crippen molar-refractivity contribution in [2.24, 2.45) is 11.1 Å². The molecule has 1 unspecified atom stereocenters. The van der Waals surface area contributed by atoms with Gasteiger partial charge in [0.25, 0.3) is 0 Å². The molecule has 0 heterocycles. The third kappa shape index (κ3) is 3.74. The summed E-state index contributed by atoms with van der Waals surface area (Å²) in [4.78, 5) is 0. The molecule has 3 N–H and O–H groups in total. The van der Waals surface area contributed by atoms with E-state index in [0.717, 1.165) is 6.92 Å². The van der Waals surface area contributed by atoms with Gasteiger partial charge in [0.2, 0.25) is 0 Å². The van der Waals surface area contributed by atoms with Crippen molar-refractivity contribution in [2.45, 2.75) is 57.9 Å². The Balaban J connectivity index is 2.28. The Morgan fingerprint density at radius 3 is 2.40 bits per heavy atom. The minimum Gasteiger partial charge on any atom is -0.493 e. The zero-order valence-corrected chi connectivity index (χ0v) is 12.0. The summed E-state index contributed by atoms with van der Waals surface area (Å²) in [5.41, 5.74) is 3.39. The van der Waals surface area contributed by atoms with Crippen molar-refractivity contribution < 1.29 is 20.8 Å². The Kier molecular flexibility index (Phi) is 2.24. The van der Waals surface area contributed by atoms with E-state index in [1.165, 1.54) is 12.1 Å². The van der Waals surface area contributed by atoms with E-state index in [2.05, 4.69) is 0 Å². The highest BCUT2D eigenvalue weighted by Crippen LogP contribution is 2.37. The van der Waals surface area contributed by atoms with Gasteiger partial charge in [-0.25, -0.2) is 0 Å². The van der Waals surface area contributed by atoms with E-state index in [9.17, 15) is 5.11 Å². The van der Waals surface area contributed by atoms with E-state index in [0.29, 0.717) is 5.56 Å². The van der Waals surface area contributed by atoms with Gasteiger partial charge in [0, 0.05) is 16.4 Å². The average molecular weight is 285 g/mol. The van der Waals surface area contributed by atoms with Gasteiger partial charge in [0.05, 0.1) is 18.2 Å². The Bertz CT molecular complexity index is 702. The first-order valence-corrected chi connectivity index (χ1v) is 6.55. The van der Waals surface area contributed by atoms with Crippen molar-refractivity contribution >= 4 is 0 Å². The molecule has 20 heavy (non-hydrogen) atoms. The Labute approximate surface area is 133 Å². The highest BCUT2D eigenvalue weighted by Gasteiger charge is 2.29. The quantitative estimate of drug-likeness (QED) is 0.871. The van der Waals surface area contributed by atoms with Crippen LogP contribution >= 0.6 is 0 Å². The highest BCUT2D eigenvalue weighted by molar-refractivity contribution is 5.30. The Morgan fingerprint density at radius 1 is 1.35 bits per heavy atom. The van der Waals surface area contributed by atoms with Crippen LogP contribution in [0.25, 0.3) is 0 Å². The molecule has 1 aromatic carbocycles. The van der Waals surface area contributed by atoms with Gasteiger partial charge in [-0.05, 0) is 44.3 Å². The molecule has 1 atom stereocenters. The Morgan fingerprint density at radius 2 is 1.90 bits per heavy atom. The molecular weight excluding hydrogens is 250 g/mol. The van der Waals surface area contributed by atoms with Crippen LogP contribution in [0.5, 0.6) is 5.75 Å². The lowest BCUT2D eigenvalue weighted by Gasteiger charge is -2.26. The maximum Gasteiger partial charge on any atom is 0.119 e. The largest absolute Gasteiger partial charge is 0.493 e. The van der Waals surface area contributed by atoms with Crippen LogP contribution in [0.3, 0.4) is 0 Å². The average Bonchev–Trinajstić information content (AvgIpc) is 2.61. The summed E-state index contributed by atoms with van der Waals surface area (Å²) in [6, 6.07) is 5.67. The number of hydrogen-bond acceptors (Lipinski definition) is 3. The van der Waals surface area contributed by atoms with Crippen LogP contribution in [0.4, 0.5) is 0 Å². The van der Waals surface area contributed by atoms with Gasteiger partial charge in [-0.2, -0.15) is 0 Å². The zero-order valence-electron chi connectivity index (χ0n) is 20.0. The minimum absolute atomic E-state index is 0.271. The standard InChI is InChI=1S/C17H27NO2/c1-16(2,19)15(18)13-6-8-14(9-7-13)20-12-17(3)10-4-5-11-17/h6-9,15,19H,4-5,10-12,18H2,1-3H3/i4D2,5D2,10D2,11D2. The fourth-order valence-corrected chi connectivity index (χ4v) is 1.85. The Hall–Kier alpha value is -1.06. The summed E-state index contributed by atoms with van der Waals surface area (Å²) in [5.74, 6) is 0.271. The maximum atomic E-state index is 9.99. The molecule has 0 bridgehead atoms. The second-order valence-electron chi connectivity index (χ2n) is 5.82. The monoisotopic (exact) mass is 285 g/mol. The summed E-state index contributed by atoms with van der Waals surface area (Å²) in [7, 11) is 0. The normalized spacial score (nSPS) is 35.9. The van der Waals surface area contributed by atoms with Crippen molar-refractivity contribution in [1.29, 1.82) is 0 Å². The molecule has 1 aromatic rings. The SMILES string of the molecule is [2H]C1([2H])C([2H])([2H])C([2H])([2H])C(C)(COc2ccc(C(N)C(C)(C)O)cc2)C1([2H])[2H]. The second-order valence-corrected chi connectivity index (χ2v) is 5.82. The fraction of sp³-hybridized carbons (Fsp3) is 0.647. The number of ether oxygens (including phenoxy) is 1. The van der Waals surface area contributed by atoms with E-state index in [1.807, 2.05) is 0 Å². The van der Waals surface area contributed by atoms with E-state index in [-0.39, 0.29) is 5.75 Å². The van der Waals surface area contributed by atoms with E-state index < -0.39 is 49.2 Å². The predicted octanol–water partition coefficient (Wildman–Crippen LogP) is 3.42. The van der Waals surface area contributed by atoms with Crippen LogP contribution in [0.1, 0.15) is 68.8 Å². The molecular formula is C17H27NO2. The first-order chi connectivity index (χ1) is 12.3. The number of benzene rings is 1. The summed E-state index contributed by atoms with van der Waals surface area (Å²) in [6.07, 6.45) is -11.7. The molecule has 0 aliphatic heterocycles. The maximum absolute atomic E-state index is 9.99. The minimum atomic E-state index is -3.05. The molecule has 0 spiro atoms. The molecule has 1 saturated carbocycles. The molecule has 0 saturated heterocycles. The predicted molar refractivity (Wildman–Crippen MR) is 81.7 cm³/mol. The van der Waals surface area contributed by atoms with Gasteiger partial charge < -0.3 is 15.6 Å². The van der Waals surface area contributed by atoms with Crippen molar-refractivity contribution in [2.75, 3.05) is 6.61 Å². The zero-order chi connectivity index (χ0) is 22.0. The third-order valence-corrected chi connectivity index (χ3v) is 3.27. The van der Waals surface area contributed by atoms with Gasteiger partial charge in [-0.1, -0.05) is 31.8 Å². The first kappa shape index (κ1) is 7.81. The third-order valence-electron chi connectivity index (χ3n) is 3.27. The van der Waals surface area contributed by atoms with Crippen LogP contribution in [0.2, 0.25) is 0 Å². The molecule has 0 radical (unpaired) electrons. The van der Waals surface area contributed by atoms with Gasteiger partial charge in [-0.15, -0.1) is 0 Å². The van der Waals surface area contributed by atoms with Gasteiger partial charge >= 0.3 is 0 Å². The molecule has 1 fully saturated rings. The van der Waals surface area contributed by atoms with E-state index in [4.69, 9.17) is 21.4 Å². The topological polar surface area (TPSA) is 55.5 Å². The summed E-state index contributed by atoms with van der Waals surface area (Å²) >= 11 is 0. The molecule has 3 nitrogen and oxygen atoms in total. The summed E-state index contributed by atoms with van der Waals surface area (Å²) < 4.78 is 69.8. The summed E-state index contributed by atoms with van der Waals surface area (Å²) in [6.45, 7) is 3.75. The van der Waals surface area contributed by atoms with Gasteiger partial charge in [-0.3, -0.25) is 0 Å². The van der Waals surface area contributed by atoms with Gasteiger partial charge in [0.15, 0.2) is 0 Å². The van der Waals surface area contributed by atoms with Crippen LogP contribution in [-0.4, -0.2) is 17.3 Å². The van der Waals surface area contributed by atoms with Crippen LogP contribution in [-0.2, 0) is 0 Å². The number of hydrogen-bond donors (Lipinski definition) is 2. The van der Waals surface area contributed by atoms with Crippen molar-refractivity contribution in [3.63, 3.8) is 0 Å². The van der Waals surface area contributed by atoms with Gasteiger partial charge in [0.1, 0.15) is 5.75 Å². The van der Waals surface area contributed by atoms with E-state index in [1.54, 1.807) is 26.0 Å². The van der Waals surface area contributed by atoms with Crippen molar-refractivity contribution in [3.8, 4) is 5.75 Å². The lowest BCUT2D eigenvalue weighted by atomic mass is 9.90. The summed E-state index contributed by atoms with van der Waals surface area (Å²) in [5, 5.41) is 9.99. The highest BCUT2D eigenvalue weighted by atomic mass is 16.5. The molecule has 3 heteroatoms. The second kappa shape index (κ2) is 5.74. The molecule has 0 amide bonds. The molecule has 0 aromatic heterocycles. The number of aliphatic hydroxyl groups is 1. The molecule has 2 rings (SSSR count). The van der Waals surface area contributed by atoms with Crippen LogP contribution in [0, 0.1) is 5.41 Å². The van der Waals surface area contributed by atoms with E-state index >= 15 is 0 Å². The molecule has 1 aliphatic rings. The van der Waals surface area contributed by atoms with Crippen molar-refractivity contribution in [1.82, 2.24) is 0 Å². The molecule has 112 valence electrons. The van der Waals surface area contributed by atoms with Crippen molar-refractivity contribution in [3.05, 3.63) is 29.8 Å². The molecule has 1 aliphatic carbocycles. The number of rotatable bonds is 5. The smallest absolute Gasteiger partial charge is 0.119 e.